The number of hydrogen-bond donors (Lipinski definition) is 2. The van der Waals surface area contributed by atoms with Gasteiger partial charge in [-0.1, -0.05) is 18.2 Å². The highest BCUT2D eigenvalue weighted by Gasteiger charge is 2.19. The molecule has 1 fully saturated rings. The van der Waals surface area contributed by atoms with Crippen molar-refractivity contribution in [2.24, 2.45) is 0 Å². The average molecular weight is 284 g/mol. The maximum absolute atomic E-state index is 12.3. The van der Waals surface area contributed by atoms with Gasteiger partial charge in [-0.3, -0.25) is 4.79 Å². The second-order valence-electron chi connectivity index (χ2n) is 5.42. The Kier molecular flexibility index (Phi) is 4.01. The quantitative estimate of drug-likeness (QED) is 0.901. The van der Waals surface area contributed by atoms with Crippen molar-refractivity contribution in [1.29, 1.82) is 0 Å². The number of nitrogens with zero attached hydrogens (tertiary/aromatic N) is 2. The van der Waals surface area contributed by atoms with Crippen molar-refractivity contribution in [2.75, 3.05) is 13.1 Å². The number of aryl methyl sites for hydroxylation is 1. The molecule has 1 amide bonds. The summed E-state index contributed by atoms with van der Waals surface area (Å²) in [5.74, 6) is -0.0836. The molecule has 5 heteroatoms. The van der Waals surface area contributed by atoms with Crippen molar-refractivity contribution in [3.8, 4) is 5.69 Å². The summed E-state index contributed by atoms with van der Waals surface area (Å²) in [6.45, 7) is 3.88. The Balaban J connectivity index is 1.75. The standard InChI is InChI=1S/C16H20N4O/c1-12-11-15(16(21)18-13-7-9-17-10-8-13)19-20(12)14-5-3-2-4-6-14/h2-6,11,13,17H,7-10H2,1H3,(H,18,21). The molecule has 21 heavy (non-hydrogen) atoms. The third kappa shape index (κ3) is 3.13. The zero-order valence-electron chi connectivity index (χ0n) is 12.2. The summed E-state index contributed by atoms with van der Waals surface area (Å²) < 4.78 is 1.80. The zero-order valence-corrected chi connectivity index (χ0v) is 12.2. The van der Waals surface area contributed by atoms with E-state index in [0.717, 1.165) is 37.3 Å². The number of rotatable bonds is 3. The van der Waals surface area contributed by atoms with Gasteiger partial charge in [0.15, 0.2) is 5.69 Å². The number of aromatic nitrogens is 2. The monoisotopic (exact) mass is 284 g/mol. The molecular weight excluding hydrogens is 264 g/mol. The van der Waals surface area contributed by atoms with E-state index in [2.05, 4.69) is 15.7 Å². The molecule has 3 rings (SSSR count). The van der Waals surface area contributed by atoms with Crippen LogP contribution >= 0.6 is 0 Å². The van der Waals surface area contributed by atoms with Crippen molar-refractivity contribution in [1.82, 2.24) is 20.4 Å². The van der Waals surface area contributed by atoms with E-state index in [9.17, 15) is 4.79 Å². The smallest absolute Gasteiger partial charge is 0.272 e. The van der Waals surface area contributed by atoms with Gasteiger partial charge in [0, 0.05) is 11.7 Å². The van der Waals surface area contributed by atoms with Gasteiger partial charge < -0.3 is 10.6 Å². The summed E-state index contributed by atoms with van der Waals surface area (Å²) in [7, 11) is 0. The summed E-state index contributed by atoms with van der Waals surface area (Å²) in [5, 5.41) is 10.8. The molecule has 110 valence electrons. The summed E-state index contributed by atoms with van der Waals surface area (Å²) >= 11 is 0. The Morgan fingerprint density at radius 2 is 2.00 bits per heavy atom. The molecule has 0 spiro atoms. The number of carbonyl (C=O) groups is 1. The van der Waals surface area contributed by atoms with Gasteiger partial charge in [-0.2, -0.15) is 5.10 Å². The minimum Gasteiger partial charge on any atom is -0.348 e. The minimum absolute atomic E-state index is 0.0836. The molecular formula is C16H20N4O. The van der Waals surface area contributed by atoms with Crippen molar-refractivity contribution < 1.29 is 4.79 Å². The number of hydrogen-bond acceptors (Lipinski definition) is 3. The number of para-hydroxylation sites is 1. The molecule has 0 radical (unpaired) electrons. The predicted molar refractivity (Wildman–Crippen MR) is 81.7 cm³/mol. The summed E-state index contributed by atoms with van der Waals surface area (Å²) in [6, 6.07) is 11.9. The van der Waals surface area contributed by atoms with Gasteiger partial charge in [-0.25, -0.2) is 4.68 Å². The lowest BCUT2D eigenvalue weighted by Gasteiger charge is -2.23. The van der Waals surface area contributed by atoms with Gasteiger partial charge in [0.1, 0.15) is 0 Å². The zero-order chi connectivity index (χ0) is 14.7. The highest BCUT2D eigenvalue weighted by Crippen LogP contribution is 2.12. The Bertz CT molecular complexity index is 614. The maximum Gasteiger partial charge on any atom is 0.272 e. The van der Waals surface area contributed by atoms with Crippen molar-refractivity contribution >= 4 is 5.91 Å². The molecule has 0 saturated carbocycles. The molecule has 0 bridgehead atoms. The van der Waals surface area contributed by atoms with Gasteiger partial charge in [0.05, 0.1) is 5.69 Å². The molecule has 1 saturated heterocycles. The van der Waals surface area contributed by atoms with E-state index in [1.807, 2.05) is 43.3 Å². The molecule has 0 atom stereocenters. The highest BCUT2D eigenvalue weighted by atomic mass is 16.2. The van der Waals surface area contributed by atoms with Gasteiger partial charge in [0.25, 0.3) is 5.91 Å². The van der Waals surface area contributed by atoms with Crippen LogP contribution in [-0.4, -0.2) is 34.8 Å². The minimum atomic E-state index is -0.0836. The fourth-order valence-corrected chi connectivity index (χ4v) is 2.64. The van der Waals surface area contributed by atoms with Crippen LogP contribution in [-0.2, 0) is 0 Å². The molecule has 5 nitrogen and oxygen atoms in total. The molecule has 1 aromatic heterocycles. The van der Waals surface area contributed by atoms with Crippen LogP contribution in [0, 0.1) is 6.92 Å². The van der Waals surface area contributed by atoms with E-state index in [-0.39, 0.29) is 11.9 Å². The topological polar surface area (TPSA) is 59.0 Å². The first-order valence-electron chi connectivity index (χ1n) is 7.38. The first kappa shape index (κ1) is 13.8. The van der Waals surface area contributed by atoms with Crippen molar-refractivity contribution in [3.05, 3.63) is 47.8 Å². The largest absolute Gasteiger partial charge is 0.348 e. The van der Waals surface area contributed by atoms with Gasteiger partial charge in [-0.15, -0.1) is 0 Å². The fraction of sp³-hybridized carbons (Fsp3) is 0.375. The Morgan fingerprint density at radius 3 is 2.71 bits per heavy atom. The van der Waals surface area contributed by atoms with Crippen molar-refractivity contribution in [2.45, 2.75) is 25.8 Å². The van der Waals surface area contributed by atoms with E-state index in [1.165, 1.54) is 0 Å². The molecule has 1 aliphatic rings. The third-order valence-electron chi connectivity index (χ3n) is 3.80. The second-order valence-corrected chi connectivity index (χ2v) is 5.42. The number of piperidine rings is 1. The Hall–Kier alpha value is -2.14. The van der Waals surface area contributed by atoms with Crippen LogP contribution in [0.4, 0.5) is 0 Å². The van der Waals surface area contributed by atoms with E-state index in [1.54, 1.807) is 4.68 Å². The summed E-state index contributed by atoms with van der Waals surface area (Å²) in [4.78, 5) is 12.3. The van der Waals surface area contributed by atoms with E-state index in [0.29, 0.717) is 5.69 Å². The molecule has 1 aliphatic heterocycles. The average Bonchev–Trinajstić information content (AvgIpc) is 2.91. The molecule has 2 heterocycles. The number of amides is 1. The second kappa shape index (κ2) is 6.10. The third-order valence-corrected chi connectivity index (χ3v) is 3.80. The van der Waals surface area contributed by atoms with Crippen LogP contribution in [0.2, 0.25) is 0 Å². The van der Waals surface area contributed by atoms with Crippen molar-refractivity contribution in [3.63, 3.8) is 0 Å². The van der Waals surface area contributed by atoms with Gasteiger partial charge in [0.2, 0.25) is 0 Å². The Labute approximate surface area is 124 Å². The molecule has 2 N–H and O–H groups in total. The van der Waals surface area contributed by atoms with Crippen LogP contribution < -0.4 is 10.6 Å². The lowest BCUT2D eigenvalue weighted by Crippen LogP contribution is -2.42. The lowest BCUT2D eigenvalue weighted by atomic mass is 10.1. The van der Waals surface area contributed by atoms with Gasteiger partial charge >= 0.3 is 0 Å². The van der Waals surface area contributed by atoms with E-state index >= 15 is 0 Å². The lowest BCUT2D eigenvalue weighted by molar-refractivity contribution is 0.0924. The fourth-order valence-electron chi connectivity index (χ4n) is 2.64. The molecule has 2 aromatic rings. The van der Waals surface area contributed by atoms with Crippen LogP contribution in [0.1, 0.15) is 29.0 Å². The Morgan fingerprint density at radius 1 is 1.29 bits per heavy atom. The van der Waals surface area contributed by atoms with Crippen LogP contribution in [0.15, 0.2) is 36.4 Å². The van der Waals surface area contributed by atoms with Crippen LogP contribution in [0.3, 0.4) is 0 Å². The molecule has 0 unspecified atom stereocenters. The van der Waals surface area contributed by atoms with Gasteiger partial charge in [-0.05, 0) is 51.1 Å². The SMILES string of the molecule is Cc1cc(C(=O)NC2CCNCC2)nn1-c1ccccc1. The number of carbonyl (C=O) groups excluding carboxylic acids is 1. The molecule has 0 aliphatic carbocycles. The molecule has 1 aromatic carbocycles. The number of benzene rings is 1. The summed E-state index contributed by atoms with van der Waals surface area (Å²) in [5.41, 5.74) is 2.41. The maximum atomic E-state index is 12.3. The highest BCUT2D eigenvalue weighted by molar-refractivity contribution is 5.92. The number of nitrogens with one attached hydrogen (secondary N) is 2. The summed E-state index contributed by atoms with van der Waals surface area (Å²) in [6.07, 6.45) is 1.95. The van der Waals surface area contributed by atoms with E-state index < -0.39 is 0 Å². The van der Waals surface area contributed by atoms with Crippen LogP contribution in [0.25, 0.3) is 5.69 Å². The van der Waals surface area contributed by atoms with Crippen LogP contribution in [0.5, 0.6) is 0 Å². The normalized spacial score (nSPS) is 15.9. The first-order valence-corrected chi connectivity index (χ1v) is 7.38. The first-order chi connectivity index (χ1) is 10.2. The predicted octanol–water partition coefficient (Wildman–Crippen LogP) is 1.66. The van der Waals surface area contributed by atoms with E-state index in [4.69, 9.17) is 0 Å².